The van der Waals surface area contributed by atoms with Gasteiger partial charge < -0.3 is 19.7 Å². The van der Waals surface area contributed by atoms with Crippen LogP contribution in [0.4, 0.5) is 17.6 Å². The fourth-order valence-corrected chi connectivity index (χ4v) is 4.52. The van der Waals surface area contributed by atoms with Crippen LogP contribution in [0.5, 0.6) is 5.75 Å². The number of fused-ring (bicyclic) bond motifs is 3. The fraction of sp³-hybridized carbons (Fsp3) is 0.333. The van der Waals surface area contributed by atoms with Gasteiger partial charge in [-0.3, -0.25) is 9.59 Å². The molecule has 1 amide bonds. The molecule has 6 nitrogen and oxygen atoms in total. The van der Waals surface area contributed by atoms with Crippen LogP contribution in [0, 0.1) is 5.82 Å². The number of carbonyl (C=O) groups is 2. The highest BCUT2D eigenvalue weighted by Gasteiger charge is 2.31. The van der Waals surface area contributed by atoms with Crippen LogP contribution in [0.2, 0.25) is 0 Å². The van der Waals surface area contributed by atoms with E-state index in [2.05, 4.69) is 10.1 Å². The summed E-state index contributed by atoms with van der Waals surface area (Å²) >= 11 is 0. The first-order valence-electron chi connectivity index (χ1n) is 10.7. The Hall–Kier alpha value is -3.56. The number of aryl methyl sites for hydroxylation is 1. The summed E-state index contributed by atoms with van der Waals surface area (Å²) in [5.41, 5.74) is 2.83. The molecule has 0 radical (unpaired) electrons. The van der Waals surface area contributed by atoms with Crippen molar-refractivity contribution in [3.8, 4) is 5.75 Å². The van der Waals surface area contributed by atoms with E-state index >= 15 is 0 Å². The summed E-state index contributed by atoms with van der Waals surface area (Å²) in [7, 11) is 0. The summed E-state index contributed by atoms with van der Waals surface area (Å²) < 4.78 is 56.7. The average molecular weight is 478 g/mol. The van der Waals surface area contributed by atoms with E-state index < -0.39 is 18.1 Å². The topological polar surface area (TPSA) is 80.6 Å². The highest BCUT2D eigenvalue weighted by molar-refractivity contribution is 5.87. The summed E-state index contributed by atoms with van der Waals surface area (Å²) in [6.45, 7) is -0.231. The van der Waals surface area contributed by atoms with Gasteiger partial charge in [-0.25, -0.2) is 4.39 Å². The summed E-state index contributed by atoms with van der Waals surface area (Å²) in [4.78, 5) is 23.8. The summed E-state index contributed by atoms with van der Waals surface area (Å²) in [5, 5.41) is 12.9. The molecule has 1 heterocycles. The van der Waals surface area contributed by atoms with Gasteiger partial charge in [-0.1, -0.05) is 12.1 Å². The average Bonchev–Trinajstić information content (AvgIpc) is 3.03. The Morgan fingerprint density at radius 2 is 1.97 bits per heavy atom. The third-order valence-electron chi connectivity index (χ3n) is 5.86. The number of amides is 1. The number of carbonyl (C=O) groups excluding carboxylic acids is 1. The molecule has 0 aliphatic heterocycles. The van der Waals surface area contributed by atoms with Gasteiger partial charge in [0.25, 0.3) is 0 Å². The molecule has 1 aromatic heterocycles. The fourth-order valence-electron chi connectivity index (χ4n) is 4.52. The van der Waals surface area contributed by atoms with Gasteiger partial charge in [-0.15, -0.1) is 13.2 Å². The smallest absolute Gasteiger partial charge is 0.480 e. The number of carboxylic acids is 1. The van der Waals surface area contributed by atoms with Crippen LogP contribution in [0.25, 0.3) is 10.9 Å². The van der Waals surface area contributed by atoms with Crippen LogP contribution in [-0.2, 0) is 35.4 Å². The summed E-state index contributed by atoms with van der Waals surface area (Å²) in [6.07, 6.45) is -2.92. The molecule has 0 unspecified atom stereocenters. The maximum atomic E-state index is 13.9. The lowest BCUT2D eigenvalue weighted by molar-refractivity contribution is -0.274. The van der Waals surface area contributed by atoms with E-state index in [1.165, 1.54) is 30.3 Å². The van der Waals surface area contributed by atoms with Crippen molar-refractivity contribution in [3.63, 3.8) is 0 Å². The van der Waals surface area contributed by atoms with Gasteiger partial charge in [-0.2, -0.15) is 0 Å². The second-order valence-electron chi connectivity index (χ2n) is 8.27. The van der Waals surface area contributed by atoms with Gasteiger partial charge in [0.15, 0.2) is 0 Å². The van der Waals surface area contributed by atoms with E-state index in [-0.39, 0.29) is 37.1 Å². The minimum Gasteiger partial charge on any atom is -0.480 e. The number of halogens is 4. The van der Waals surface area contributed by atoms with Crippen molar-refractivity contribution in [1.82, 2.24) is 9.88 Å². The molecule has 3 aromatic rings. The number of hydrogen-bond acceptors (Lipinski definition) is 3. The normalized spacial score (nSPS) is 15.7. The molecule has 1 atom stereocenters. The molecule has 0 saturated heterocycles. The van der Waals surface area contributed by atoms with Crippen LogP contribution in [0.15, 0.2) is 42.5 Å². The number of aromatic nitrogens is 1. The van der Waals surface area contributed by atoms with Gasteiger partial charge in [0.1, 0.15) is 18.1 Å². The zero-order valence-corrected chi connectivity index (χ0v) is 18.0. The van der Waals surface area contributed by atoms with Gasteiger partial charge >= 0.3 is 12.3 Å². The molecule has 180 valence electrons. The molecule has 0 saturated carbocycles. The number of carboxylic acid groups (broad SMARTS) is 1. The van der Waals surface area contributed by atoms with Gasteiger partial charge in [0.2, 0.25) is 5.91 Å². The third-order valence-corrected chi connectivity index (χ3v) is 5.86. The van der Waals surface area contributed by atoms with E-state index in [9.17, 15) is 32.3 Å². The number of hydrogen-bond donors (Lipinski definition) is 2. The molecule has 2 aromatic carbocycles. The highest BCUT2D eigenvalue weighted by Crippen LogP contribution is 2.33. The predicted octanol–water partition coefficient (Wildman–Crippen LogP) is 4.37. The van der Waals surface area contributed by atoms with Crippen molar-refractivity contribution in [2.24, 2.45) is 0 Å². The first-order valence-corrected chi connectivity index (χ1v) is 10.7. The predicted molar refractivity (Wildman–Crippen MR) is 115 cm³/mol. The zero-order chi connectivity index (χ0) is 24.5. The SMILES string of the molecule is O=C(O)Cn1c2c(c3cc(F)ccc31)C[C@@H](NC(=O)CCc1cccc(OC(F)(F)F)c1)CC2. The van der Waals surface area contributed by atoms with Crippen molar-refractivity contribution < 1.29 is 37.0 Å². The van der Waals surface area contributed by atoms with Gasteiger partial charge in [-0.05, 0) is 67.1 Å². The Morgan fingerprint density at radius 1 is 1.18 bits per heavy atom. The lowest BCUT2D eigenvalue weighted by Gasteiger charge is -2.25. The van der Waals surface area contributed by atoms with Crippen LogP contribution >= 0.6 is 0 Å². The Labute approximate surface area is 192 Å². The second kappa shape index (κ2) is 9.36. The van der Waals surface area contributed by atoms with E-state index in [1.54, 1.807) is 16.7 Å². The van der Waals surface area contributed by atoms with Crippen molar-refractivity contribution in [1.29, 1.82) is 0 Å². The van der Waals surface area contributed by atoms with Crippen molar-refractivity contribution in [2.75, 3.05) is 0 Å². The quantitative estimate of drug-likeness (QED) is 0.495. The van der Waals surface area contributed by atoms with Gasteiger partial charge in [0.05, 0.1) is 0 Å². The molecule has 0 spiro atoms. The van der Waals surface area contributed by atoms with E-state index in [0.29, 0.717) is 35.7 Å². The molecular formula is C24H22F4N2O4. The monoisotopic (exact) mass is 478 g/mol. The number of nitrogens with one attached hydrogen (secondary N) is 1. The number of aliphatic carboxylic acids is 1. The first-order chi connectivity index (χ1) is 16.1. The Bertz CT molecular complexity index is 1240. The Balaban J connectivity index is 1.42. The molecule has 34 heavy (non-hydrogen) atoms. The molecule has 10 heteroatoms. The zero-order valence-electron chi connectivity index (χ0n) is 18.0. The van der Waals surface area contributed by atoms with Crippen molar-refractivity contribution in [3.05, 3.63) is 65.1 Å². The molecule has 0 bridgehead atoms. The third kappa shape index (κ3) is 5.49. The van der Waals surface area contributed by atoms with E-state index in [4.69, 9.17) is 0 Å². The van der Waals surface area contributed by atoms with Crippen molar-refractivity contribution in [2.45, 2.75) is 51.1 Å². The van der Waals surface area contributed by atoms with E-state index in [0.717, 1.165) is 11.3 Å². The molecule has 4 rings (SSSR count). The van der Waals surface area contributed by atoms with Gasteiger partial charge in [0, 0.05) is 29.1 Å². The lowest BCUT2D eigenvalue weighted by Crippen LogP contribution is -2.39. The molecule has 0 fully saturated rings. The van der Waals surface area contributed by atoms with E-state index in [1.807, 2.05) is 0 Å². The maximum absolute atomic E-state index is 13.9. The van der Waals surface area contributed by atoms with Crippen LogP contribution in [-0.4, -0.2) is 34.0 Å². The first kappa shape index (κ1) is 23.6. The summed E-state index contributed by atoms with van der Waals surface area (Å²) in [5.74, 6) is -2.01. The molecule has 1 aliphatic rings. The summed E-state index contributed by atoms with van der Waals surface area (Å²) in [6, 6.07) is 9.52. The molecule has 1 aliphatic carbocycles. The Kier molecular flexibility index (Phi) is 6.49. The number of rotatable bonds is 7. The minimum atomic E-state index is -4.79. The molecule has 2 N–H and O–H groups in total. The number of nitrogens with zero attached hydrogens (tertiary/aromatic N) is 1. The number of ether oxygens (including phenoxy) is 1. The highest BCUT2D eigenvalue weighted by atomic mass is 19.4. The molecular weight excluding hydrogens is 456 g/mol. The largest absolute Gasteiger partial charge is 0.573 e. The number of benzene rings is 2. The van der Waals surface area contributed by atoms with Crippen LogP contribution in [0.3, 0.4) is 0 Å². The minimum absolute atomic E-state index is 0.0776. The van der Waals surface area contributed by atoms with Crippen molar-refractivity contribution >= 4 is 22.8 Å². The lowest BCUT2D eigenvalue weighted by atomic mass is 9.91. The standard InChI is InChI=1S/C24H22F4N2O4/c25-15-5-7-20-18(11-15)19-12-16(6-8-21(19)30(20)13-23(32)33)29-22(31)9-4-14-2-1-3-17(10-14)34-24(26,27)28/h1-3,5,7,10-11,16H,4,6,8-9,12-13H2,(H,29,31)(H,32,33)/t16-/m0/s1. The second-order valence-corrected chi connectivity index (χ2v) is 8.27. The Morgan fingerprint density at radius 3 is 2.71 bits per heavy atom. The van der Waals surface area contributed by atoms with Crippen LogP contribution in [0.1, 0.15) is 29.7 Å². The van der Waals surface area contributed by atoms with Crippen LogP contribution < -0.4 is 10.1 Å². The maximum Gasteiger partial charge on any atom is 0.573 e. The number of alkyl halides is 3.